The topological polar surface area (TPSA) is 420 Å². The molecule has 60 heavy (non-hydrogen) atoms. The Morgan fingerprint density at radius 3 is 1.75 bits per heavy atom. The van der Waals surface area contributed by atoms with Crippen LogP contribution in [0.1, 0.15) is 37.9 Å². The summed E-state index contributed by atoms with van der Waals surface area (Å²) in [7, 11) is -10.1. The van der Waals surface area contributed by atoms with E-state index >= 15 is 0 Å². The molecule has 3 saturated heterocycles. The number of aliphatic hydroxyl groups is 2. The third-order valence-electron chi connectivity index (χ3n) is 9.77. The van der Waals surface area contributed by atoms with Crippen molar-refractivity contribution in [2.75, 3.05) is 37.0 Å². The number of imidazole rings is 2. The fourth-order valence-corrected chi connectivity index (χ4v) is 8.93. The Balaban J connectivity index is 0.960. The Morgan fingerprint density at radius 2 is 1.22 bits per heavy atom. The number of hydrogen-bond acceptors (Lipinski definition) is 22. The molecule has 11 atom stereocenters. The highest BCUT2D eigenvalue weighted by Gasteiger charge is 2.46. The zero-order valence-electron chi connectivity index (χ0n) is 30.6. The number of H-pyrrole nitrogens is 2. The smallest absolute Gasteiger partial charge is 0.394 e. The van der Waals surface area contributed by atoms with Crippen molar-refractivity contribution in [3.05, 3.63) is 56.1 Å². The van der Waals surface area contributed by atoms with Crippen LogP contribution in [-0.4, -0.2) is 125 Å². The number of rotatable bonds is 14. The van der Waals surface area contributed by atoms with Crippen molar-refractivity contribution in [2.45, 2.75) is 74.6 Å². The number of nitrogen functional groups attached to an aromatic ring is 3. The summed E-state index contributed by atoms with van der Waals surface area (Å²) in [5.41, 5.74) is 14.8. The van der Waals surface area contributed by atoms with Crippen LogP contribution in [-0.2, 0) is 41.4 Å². The molecule has 0 saturated carbocycles. The number of fused-ring (bicyclic) bond motifs is 2. The largest absolute Gasteiger partial charge is 0.472 e. The quantitative estimate of drug-likeness (QED) is 0.0519. The molecular formula is C29H37N13O16P2. The minimum absolute atomic E-state index is 0.0301. The van der Waals surface area contributed by atoms with Crippen LogP contribution in [0, 0.1) is 0 Å². The van der Waals surface area contributed by atoms with Crippen molar-refractivity contribution in [1.29, 1.82) is 0 Å². The molecule has 5 aromatic rings. The summed E-state index contributed by atoms with van der Waals surface area (Å²) >= 11 is 0. The monoisotopic (exact) mass is 885 g/mol. The fourth-order valence-electron chi connectivity index (χ4n) is 7.01. The average molecular weight is 886 g/mol. The number of ether oxygens (including phenoxy) is 3. The first-order chi connectivity index (χ1) is 28.5. The lowest BCUT2D eigenvalue weighted by molar-refractivity contribution is -0.0605. The Labute approximate surface area is 333 Å². The van der Waals surface area contributed by atoms with Crippen LogP contribution in [0.3, 0.4) is 0 Å². The van der Waals surface area contributed by atoms with Gasteiger partial charge in [0.2, 0.25) is 11.9 Å². The van der Waals surface area contributed by atoms with E-state index in [-0.39, 0.29) is 59.3 Å². The third kappa shape index (κ3) is 8.48. The van der Waals surface area contributed by atoms with Gasteiger partial charge in [0.1, 0.15) is 55.0 Å². The van der Waals surface area contributed by atoms with Gasteiger partial charge in [0.15, 0.2) is 22.3 Å². The highest BCUT2D eigenvalue weighted by molar-refractivity contribution is 7.47. The zero-order valence-corrected chi connectivity index (χ0v) is 32.4. The van der Waals surface area contributed by atoms with Crippen LogP contribution in [0.15, 0.2) is 39.3 Å². The summed E-state index contributed by atoms with van der Waals surface area (Å²) < 4.78 is 69.4. The first kappa shape index (κ1) is 41.7. The van der Waals surface area contributed by atoms with E-state index in [1.807, 2.05) is 0 Å². The molecule has 2 unspecified atom stereocenters. The Bertz CT molecular complexity index is 2690. The Kier molecular flexibility index (Phi) is 11.2. The summed E-state index contributed by atoms with van der Waals surface area (Å²) in [6.07, 6.45) is -7.66. The summed E-state index contributed by atoms with van der Waals surface area (Å²) in [5, 5.41) is 20.6. The highest BCUT2D eigenvalue weighted by atomic mass is 31.2. The molecule has 0 amide bonds. The third-order valence-corrected chi connectivity index (χ3v) is 11.8. The molecule has 0 aliphatic carbocycles. The molecule has 31 heteroatoms. The van der Waals surface area contributed by atoms with Gasteiger partial charge in [0.25, 0.3) is 11.1 Å². The van der Waals surface area contributed by atoms with Crippen molar-refractivity contribution >= 4 is 55.7 Å². The van der Waals surface area contributed by atoms with E-state index in [1.54, 1.807) is 0 Å². The van der Waals surface area contributed by atoms with Gasteiger partial charge in [-0.2, -0.15) is 15.0 Å². The van der Waals surface area contributed by atoms with Crippen LogP contribution >= 0.6 is 15.6 Å². The van der Waals surface area contributed by atoms with Gasteiger partial charge in [-0.05, 0) is 6.07 Å². The van der Waals surface area contributed by atoms with Crippen molar-refractivity contribution in [1.82, 2.24) is 48.6 Å². The van der Waals surface area contributed by atoms with E-state index in [0.717, 1.165) is 4.57 Å². The molecule has 8 rings (SSSR count). The fraction of sp³-hybridized carbons (Fsp3) is 0.517. The minimum Gasteiger partial charge on any atom is -0.394 e. The van der Waals surface area contributed by atoms with E-state index in [0.29, 0.717) is 0 Å². The van der Waals surface area contributed by atoms with Gasteiger partial charge in [-0.3, -0.25) is 51.4 Å². The van der Waals surface area contributed by atoms with Crippen molar-refractivity contribution in [2.24, 2.45) is 0 Å². The zero-order chi connectivity index (χ0) is 42.7. The predicted molar refractivity (Wildman–Crippen MR) is 198 cm³/mol. The maximum atomic E-state index is 13.4. The molecule has 3 fully saturated rings. The van der Waals surface area contributed by atoms with Gasteiger partial charge in [0, 0.05) is 25.5 Å². The van der Waals surface area contributed by atoms with E-state index in [2.05, 4.69) is 34.9 Å². The van der Waals surface area contributed by atoms with Crippen LogP contribution in [0.5, 0.6) is 0 Å². The first-order valence-electron chi connectivity index (χ1n) is 17.8. The highest BCUT2D eigenvalue weighted by Crippen LogP contribution is 2.52. The second kappa shape index (κ2) is 16.1. The van der Waals surface area contributed by atoms with Crippen LogP contribution in [0.2, 0.25) is 0 Å². The number of anilines is 3. The average Bonchev–Trinajstić information content (AvgIpc) is 4.00. The van der Waals surface area contributed by atoms with Gasteiger partial charge in [-0.1, -0.05) is 0 Å². The van der Waals surface area contributed by atoms with Gasteiger partial charge in [-0.25, -0.2) is 23.9 Å². The number of nitrogens with zero attached hydrogens (tertiary/aromatic N) is 8. The predicted octanol–water partition coefficient (Wildman–Crippen LogP) is -2.52. The summed E-state index contributed by atoms with van der Waals surface area (Å²) in [5.74, 6) is -0.485. The molecule has 3 aliphatic rings. The number of hydrogen-bond donors (Lipinski definition) is 9. The lowest BCUT2D eigenvalue weighted by Gasteiger charge is -2.24. The molecule has 5 aromatic heterocycles. The second-order valence-electron chi connectivity index (χ2n) is 13.8. The second-order valence-corrected chi connectivity index (χ2v) is 16.6. The maximum absolute atomic E-state index is 13.4. The van der Waals surface area contributed by atoms with Crippen LogP contribution in [0.4, 0.5) is 17.7 Å². The minimum atomic E-state index is -5.08. The Morgan fingerprint density at radius 1 is 0.733 bits per heavy atom. The van der Waals surface area contributed by atoms with E-state index in [4.69, 9.17) is 49.5 Å². The van der Waals surface area contributed by atoms with Crippen molar-refractivity contribution < 1.29 is 61.4 Å². The molecule has 0 aromatic carbocycles. The summed E-state index contributed by atoms with van der Waals surface area (Å²) in [6, 6.07) is 1.35. The van der Waals surface area contributed by atoms with Crippen molar-refractivity contribution in [3.8, 4) is 0 Å². The Hall–Kier alpha value is -5.00. The number of aromatic amines is 2. The molecule has 0 bridgehead atoms. The molecular weight excluding hydrogens is 848 g/mol. The molecule has 324 valence electrons. The molecule has 3 aliphatic heterocycles. The van der Waals surface area contributed by atoms with Gasteiger partial charge in [-0.15, -0.1) is 0 Å². The summed E-state index contributed by atoms with van der Waals surface area (Å²) in [4.78, 5) is 83.2. The molecule has 12 N–H and O–H groups in total. The number of nitrogens with two attached hydrogens (primary N) is 3. The number of phosphoric acid groups is 2. The standard InChI is InChI=1S/C29H37N13O16P2/c30-17-1-2-40(29(47)35-17)18-3-11(44)15(55-18)7-52-59(48,49)58-13-5-20(42-10-34-22-24(42)37-28(32)39-26(22)46)56-16(13)8-53-60(50,51)57-12-4-19(54-14(12)6-43)41-9-33-21-23(41)36-27(31)38-25(21)45/h1-2,9-16,18-20,43-44H,3-8H2,(H,48,49)(H,50,51)(H2,30,35,47)(H3,31,36,38,45)(H3,32,37,39,46)/t11-,12-,13-,14+,15+,16+,18+,19+,20+/m0/s1. The van der Waals surface area contributed by atoms with Gasteiger partial charge in [0.05, 0.1) is 38.6 Å². The molecule has 29 nitrogen and oxygen atoms in total. The SMILES string of the molecule is Nc1ccn([C@H]2C[C@H](O)[C@@H](COP(=O)(O)O[C@H]3C[C@H](n4cnc5c(=O)[nH]c(N)nc54)O[C@@H]3COP(=O)(O)O[C@H]3C[C@H](n4cnc5c(=O)[nH]c(N)nc54)O[C@@H]3CO)O2)c(=O)n1. The van der Waals surface area contributed by atoms with Crippen LogP contribution < -0.4 is 34.0 Å². The number of phosphoric ester groups is 2. The van der Waals surface area contributed by atoms with Gasteiger partial charge >= 0.3 is 21.3 Å². The summed E-state index contributed by atoms with van der Waals surface area (Å²) in [6.45, 7) is -2.17. The van der Waals surface area contributed by atoms with E-state index < -0.39 is 108 Å². The van der Waals surface area contributed by atoms with Crippen molar-refractivity contribution in [3.63, 3.8) is 0 Å². The van der Waals surface area contributed by atoms with E-state index in [1.165, 1.54) is 34.1 Å². The van der Waals surface area contributed by atoms with Gasteiger partial charge < -0.3 is 51.4 Å². The number of nitrogens with one attached hydrogen (secondary N) is 2. The number of aromatic nitrogens is 10. The molecule has 0 spiro atoms. The lowest BCUT2D eigenvalue weighted by atomic mass is 10.2. The lowest BCUT2D eigenvalue weighted by Crippen LogP contribution is -2.31. The molecule has 8 heterocycles. The maximum Gasteiger partial charge on any atom is 0.472 e. The molecule has 0 radical (unpaired) electrons. The number of aliphatic hydroxyl groups excluding tert-OH is 2. The van der Waals surface area contributed by atoms with E-state index in [9.17, 15) is 43.5 Å². The van der Waals surface area contributed by atoms with Crippen LogP contribution in [0.25, 0.3) is 22.3 Å². The normalized spacial score (nSPS) is 29.0. The first-order valence-corrected chi connectivity index (χ1v) is 20.8.